The van der Waals surface area contributed by atoms with Crippen LogP contribution in [0.25, 0.3) is 0 Å². The van der Waals surface area contributed by atoms with Crippen LogP contribution in [0.1, 0.15) is 33.1 Å². The van der Waals surface area contributed by atoms with Gasteiger partial charge in [-0.3, -0.25) is 0 Å². The van der Waals surface area contributed by atoms with Crippen LogP contribution in [0.3, 0.4) is 0 Å². The van der Waals surface area contributed by atoms with E-state index in [4.69, 9.17) is 0 Å². The summed E-state index contributed by atoms with van der Waals surface area (Å²) < 4.78 is 0. The highest BCUT2D eigenvalue weighted by Gasteiger charge is 2.14. The van der Waals surface area contributed by atoms with Gasteiger partial charge < -0.3 is 0 Å². The van der Waals surface area contributed by atoms with Gasteiger partial charge in [-0.15, -0.1) is 0 Å². The molecule has 0 radical (unpaired) electrons. The van der Waals surface area contributed by atoms with Crippen LogP contribution >= 0.6 is 0 Å². The second kappa shape index (κ2) is 3.05. The fraction of sp³-hybridized carbons (Fsp3) is 0.600. The zero-order valence-corrected chi connectivity index (χ0v) is 6.98. The van der Waals surface area contributed by atoms with Crippen LogP contribution < -0.4 is 0 Å². The van der Waals surface area contributed by atoms with Crippen molar-refractivity contribution in [3.05, 3.63) is 23.8 Å². The van der Waals surface area contributed by atoms with E-state index < -0.39 is 0 Å². The van der Waals surface area contributed by atoms with E-state index in [1.807, 2.05) is 0 Å². The van der Waals surface area contributed by atoms with E-state index in [0.29, 0.717) is 0 Å². The van der Waals surface area contributed by atoms with Gasteiger partial charge in [-0.25, -0.2) is 0 Å². The molecule has 0 aromatic rings. The Morgan fingerprint density at radius 2 is 2.40 bits per heavy atom. The zero-order chi connectivity index (χ0) is 7.56. The molecule has 0 heterocycles. The SMILES string of the molecule is C=C1C(C)=CCCC1CC. The minimum Gasteiger partial charge on any atom is -0.0953 e. The summed E-state index contributed by atoms with van der Waals surface area (Å²) in [5.74, 6) is 0.769. The van der Waals surface area contributed by atoms with Gasteiger partial charge in [0.2, 0.25) is 0 Å². The first-order chi connectivity index (χ1) is 4.75. The van der Waals surface area contributed by atoms with Crippen LogP contribution in [0.15, 0.2) is 23.8 Å². The average Bonchev–Trinajstić information content (AvgIpc) is 1.95. The first kappa shape index (κ1) is 7.59. The Morgan fingerprint density at radius 3 is 2.90 bits per heavy atom. The van der Waals surface area contributed by atoms with Crippen LogP contribution in [-0.2, 0) is 0 Å². The van der Waals surface area contributed by atoms with E-state index in [2.05, 4.69) is 26.5 Å². The summed E-state index contributed by atoms with van der Waals surface area (Å²) in [6, 6.07) is 0. The van der Waals surface area contributed by atoms with Crippen molar-refractivity contribution in [2.45, 2.75) is 33.1 Å². The lowest BCUT2D eigenvalue weighted by atomic mass is 9.84. The molecule has 0 saturated carbocycles. The maximum Gasteiger partial charge on any atom is -0.0165 e. The fourth-order valence-electron chi connectivity index (χ4n) is 1.58. The lowest BCUT2D eigenvalue weighted by Gasteiger charge is -2.22. The predicted octanol–water partition coefficient (Wildman–Crippen LogP) is 3.31. The minimum absolute atomic E-state index is 0.769. The molecule has 1 unspecified atom stereocenters. The van der Waals surface area contributed by atoms with Gasteiger partial charge in [-0.1, -0.05) is 25.2 Å². The van der Waals surface area contributed by atoms with Crippen LogP contribution in [0, 0.1) is 5.92 Å². The first-order valence-electron chi connectivity index (χ1n) is 4.11. The first-order valence-corrected chi connectivity index (χ1v) is 4.11. The Hall–Kier alpha value is -0.520. The summed E-state index contributed by atoms with van der Waals surface area (Å²) in [4.78, 5) is 0. The molecule has 0 aromatic heterocycles. The maximum atomic E-state index is 4.08. The number of allylic oxidation sites excluding steroid dienone is 3. The Morgan fingerprint density at radius 1 is 1.70 bits per heavy atom. The highest BCUT2D eigenvalue weighted by atomic mass is 14.2. The van der Waals surface area contributed by atoms with Gasteiger partial charge in [0.15, 0.2) is 0 Å². The van der Waals surface area contributed by atoms with Gasteiger partial charge in [-0.05, 0) is 37.7 Å². The van der Waals surface area contributed by atoms with E-state index in [-0.39, 0.29) is 0 Å². The van der Waals surface area contributed by atoms with Gasteiger partial charge >= 0.3 is 0 Å². The number of rotatable bonds is 1. The normalized spacial score (nSPS) is 26.4. The molecule has 56 valence electrons. The number of hydrogen-bond acceptors (Lipinski definition) is 0. The monoisotopic (exact) mass is 136 g/mol. The number of hydrogen-bond donors (Lipinski definition) is 0. The summed E-state index contributed by atoms with van der Waals surface area (Å²) in [7, 11) is 0. The van der Waals surface area contributed by atoms with E-state index in [0.717, 1.165) is 5.92 Å². The third kappa shape index (κ3) is 1.31. The lowest BCUT2D eigenvalue weighted by Crippen LogP contribution is -2.06. The Balaban J connectivity index is 2.68. The van der Waals surface area contributed by atoms with Crippen molar-refractivity contribution in [2.75, 3.05) is 0 Å². The zero-order valence-electron chi connectivity index (χ0n) is 6.98. The summed E-state index contributed by atoms with van der Waals surface area (Å²) in [6.45, 7) is 8.49. The predicted molar refractivity (Wildman–Crippen MR) is 45.9 cm³/mol. The van der Waals surface area contributed by atoms with Crippen LogP contribution in [0.2, 0.25) is 0 Å². The van der Waals surface area contributed by atoms with Crippen molar-refractivity contribution < 1.29 is 0 Å². The van der Waals surface area contributed by atoms with Gasteiger partial charge in [0.25, 0.3) is 0 Å². The van der Waals surface area contributed by atoms with Crippen molar-refractivity contribution in [1.82, 2.24) is 0 Å². The van der Waals surface area contributed by atoms with Gasteiger partial charge in [0.05, 0.1) is 0 Å². The molecule has 0 bridgehead atoms. The molecule has 0 saturated heterocycles. The highest BCUT2D eigenvalue weighted by molar-refractivity contribution is 5.30. The molecule has 0 spiro atoms. The molecule has 0 heteroatoms. The van der Waals surface area contributed by atoms with Crippen molar-refractivity contribution in [2.24, 2.45) is 5.92 Å². The van der Waals surface area contributed by atoms with Crippen LogP contribution in [-0.4, -0.2) is 0 Å². The second-order valence-electron chi connectivity index (χ2n) is 3.09. The summed E-state index contributed by atoms with van der Waals surface area (Å²) in [6.07, 6.45) is 6.12. The van der Waals surface area contributed by atoms with Gasteiger partial charge in [0.1, 0.15) is 0 Å². The summed E-state index contributed by atoms with van der Waals surface area (Å²) in [5.41, 5.74) is 2.78. The molecule has 1 aliphatic rings. The van der Waals surface area contributed by atoms with E-state index in [1.54, 1.807) is 0 Å². The Kier molecular flexibility index (Phi) is 2.31. The molecule has 1 aliphatic carbocycles. The summed E-state index contributed by atoms with van der Waals surface area (Å²) >= 11 is 0. The molecule has 0 fully saturated rings. The van der Waals surface area contributed by atoms with Crippen molar-refractivity contribution in [1.29, 1.82) is 0 Å². The largest absolute Gasteiger partial charge is 0.0953 e. The second-order valence-corrected chi connectivity index (χ2v) is 3.09. The van der Waals surface area contributed by atoms with Crippen molar-refractivity contribution >= 4 is 0 Å². The topological polar surface area (TPSA) is 0 Å². The molecule has 1 rings (SSSR count). The van der Waals surface area contributed by atoms with Crippen molar-refractivity contribution in [3.8, 4) is 0 Å². The highest BCUT2D eigenvalue weighted by Crippen LogP contribution is 2.30. The molecule has 0 aromatic carbocycles. The molecular weight excluding hydrogens is 120 g/mol. The maximum absolute atomic E-state index is 4.08. The molecule has 0 nitrogen and oxygen atoms in total. The lowest BCUT2D eigenvalue weighted by molar-refractivity contribution is 0.538. The smallest absolute Gasteiger partial charge is 0.0165 e. The summed E-state index contributed by atoms with van der Waals surface area (Å²) in [5, 5.41) is 0. The third-order valence-corrected chi connectivity index (χ3v) is 2.46. The van der Waals surface area contributed by atoms with Crippen LogP contribution in [0.4, 0.5) is 0 Å². The van der Waals surface area contributed by atoms with Gasteiger partial charge in [0, 0.05) is 0 Å². The minimum atomic E-state index is 0.769. The molecule has 10 heavy (non-hydrogen) atoms. The van der Waals surface area contributed by atoms with Crippen molar-refractivity contribution in [3.63, 3.8) is 0 Å². The van der Waals surface area contributed by atoms with E-state index in [9.17, 15) is 0 Å². The molecule has 0 amide bonds. The Bertz CT molecular complexity index is 163. The Labute approximate surface area is 63.6 Å². The van der Waals surface area contributed by atoms with Crippen LogP contribution in [0.5, 0.6) is 0 Å². The molecule has 1 atom stereocenters. The average molecular weight is 136 g/mol. The fourth-order valence-corrected chi connectivity index (χ4v) is 1.58. The quantitative estimate of drug-likeness (QED) is 0.518. The van der Waals surface area contributed by atoms with E-state index >= 15 is 0 Å². The third-order valence-electron chi connectivity index (χ3n) is 2.46. The molecule has 0 N–H and O–H groups in total. The standard InChI is InChI=1S/C10H16/c1-4-10-7-5-6-8(2)9(10)3/h6,10H,3-5,7H2,1-2H3. The van der Waals surface area contributed by atoms with E-state index in [1.165, 1.54) is 30.4 Å². The van der Waals surface area contributed by atoms with Gasteiger partial charge in [-0.2, -0.15) is 0 Å². The molecular formula is C10H16. The molecule has 0 aliphatic heterocycles.